The molecule has 5 nitrogen and oxygen atoms in total. The summed E-state index contributed by atoms with van der Waals surface area (Å²) in [5, 5.41) is 7.09. The fourth-order valence-electron chi connectivity index (χ4n) is 2.02. The molecule has 0 saturated heterocycles. The number of hydrogen-bond acceptors (Lipinski definition) is 7. The number of thiophene rings is 1. The molecule has 0 bridgehead atoms. The number of thiazole rings is 1. The lowest BCUT2D eigenvalue weighted by atomic mass is 10.3. The summed E-state index contributed by atoms with van der Waals surface area (Å²) >= 11 is 4.46. The summed E-state index contributed by atoms with van der Waals surface area (Å²) in [5.41, 5.74) is 0.912. The van der Waals surface area contributed by atoms with Gasteiger partial charge >= 0.3 is 5.97 Å². The van der Waals surface area contributed by atoms with E-state index in [9.17, 15) is 9.59 Å². The van der Waals surface area contributed by atoms with Gasteiger partial charge in [-0.25, -0.2) is 9.78 Å². The second-order valence-electron chi connectivity index (χ2n) is 4.84. The molecule has 0 radical (unpaired) electrons. The molecule has 0 atom stereocenters. The van der Waals surface area contributed by atoms with E-state index in [4.69, 9.17) is 4.74 Å². The van der Waals surface area contributed by atoms with E-state index in [1.54, 1.807) is 22.8 Å². The van der Waals surface area contributed by atoms with Gasteiger partial charge in [-0.1, -0.05) is 18.2 Å². The molecule has 3 aromatic rings. The van der Waals surface area contributed by atoms with E-state index in [0.717, 1.165) is 14.8 Å². The van der Waals surface area contributed by atoms with Gasteiger partial charge in [0.05, 0.1) is 10.6 Å². The molecule has 128 valence electrons. The Morgan fingerprint density at radius 3 is 2.80 bits per heavy atom. The third kappa shape index (κ3) is 4.47. The zero-order chi connectivity index (χ0) is 17.6. The van der Waals surface area contributed by atoms with E-state index in [1.165, 1.54) is 23.1 Å². The van der Waals surface area contributed by atoms with Crippen LogP contribution in [0, 0.1) is 0 Å². The van der Waals surface area contributed by atoms with Crippen LogP contribution in [0.5, 0.6) is 0 Å². The van der Waals surface area contributed by atoms with Gasteiger partial charge in [0.1, 0.15) is 5.01 Å². The molecule has 3 rings (SSSR count). The first-order valence-electron chi connectivity index (χ1n) is 7.27. The van der Waals surface area contributed by atoms with Crippen LogP contribution in [-0.4, -0.2) is 29.7 Å². The van der Waals surface area contributed by atoms with Gasteiger partial charge in [0.25, 0.3) is 5.91 Å². The molecule has 1 aromatic carbocycles. The molecule has 8 heteroatoms. The number of thioether (sulfide) groups is 1. The first-order chi connectivity index (χ1) is 12.2. The Kier molecular flexibility index (Phi) is 5.85. The molecule has 0 spiro atoms. The van der Waals surface area contributed by atoms with Gasteiger partial charge in [-0.05, 0) is 29.8 Å². The van der Waals surface area contributed by atoms with Crippen molar-refractivity contribution >= 4 is 52.0 Å². The highest BCUT2D eigenvalue weighted by Gasteiger charge is 2.15. The van der Waals surface area contributed by atoms with E-state index in [0.29, 0.717) is 5.69 Å². The van der Waals surface area contributed by atoms with E-state index >= 15 is 0 Å². The number of rotatable bonds is 6. The number of para-hydroxylation sites is 1. The molecule has 0 saturated carbocycles. The molecule has 1 amide bonds. The lowest BCUT2D eigenvalue weighted by Crippen LogP contribution is -2.21. The highest BCUT2D eigenvalue weighted by molar-refractivity contribution is 7.98. The van der Waals surface area contributed by atoms with Crippen molar-refractivity contribution in [2.24, 2.45) is 0 Å². The number of esters is 1. The highest BCUT2D eigenvalue weighted by atomic mass is 32.2. The number of ether oxygens (including phenoxy) is 1. The van der Waals surface area contributed by atoms with E-state index in [1.807, 2.05) is 42.0 Å². The fourth-order valence-corrected chi connectivity index (χ4v) is 4.18. The molecular weight excluding hydrogens is 376 g/mol. The summed E-state index contributed by atoms with van der Waals surface area (Å²) in [5.74, 6) is -0.990. The minimum atomic E-state index is -0.604. The molecule has 25 heavy (non-hydrogen) atoms. The summed E-state index contributed by atoms with van der Waals surface area (Å²) in [6.07, 6.45) is 1.93. The normalized spacial score (nSPS) is 10.4. The molecule has 2 heterocycles. The largest absolute Gasteiger partial charge is 0.451 e. The minimum Gasteiger partial charge on any atom is -0.451 e. The van der Waals surface area contributed by atoms with Crippen LogP contribution in [0.2, 0.25) is 0 Å². The molecule has 0 aliphatic carbocycles. The van der Waals surface area contributed by atoms with Crippen molar-refractivity contribution in [3.63, 3.8) is 0 Å². The Morgan fingerprint density at radius 1 is 1.20 bits per heavy atom. The summed E-state index contributed by atoms with van der Waals surface area (Å²) in [6, 6.07) is 11.3. The van der Waals surface area contributed by atoms with Crippen molar-refractivity contribution in [2.75, 3.05) is 18.2 Å². The van der Waals surface area contributed by atoms with Crippen LogP contribution in [0.4, 0.5) is 5.69 Å². The minimum absolute atomic E-state index is 0.214. The van der Waals surface area contributed by atoms with Crippen molar-refractivity contribution in [3.05, 3.63) is 52.9 Å². The number of nitrogens with one attached hydrogen (secondary N) is 1. The van der Waals surface area contributed by atoms with Crippen molar-refractivity contribution in [1.29, 1.82) is 0 Å². The lowest BCUT2D eigenvalue weighted by molar-refractivity contribution is -0.119. The van der Waals surface area contributed by atoms with Crippen molar-refractivity contribution in [1.82, 2.24) is 4.98 Å². The van der Waals surface area contributed by atoms with Crippen molar-refractivity contribution in [3.8, 4) is 9.88 Å². The average molecular weight is 391 g/mol. The van der Waals surface area contributed by atoms with Crippen LogP contribution >= 0.6 is 34.4 Å². The molecule has 1 N–H and O–H groups in total. The van der Waals surface area contributed by atoms with Gasteiger partial charge in [0.2, 0.25) is 0 Å². The smallest absolute Gasteiger partial charge is 0.358 e. The Bertz CT molecular complexity index is 875. The van der Waals surface area contributed by atoms with Crippen LogP contribution in [0.25, 0.3) is 9.88 Å². The number of nitrogens with zero attached hydrogens (tertiary/aromatic N) is 1. The maximum absolute atomic E-state index is 12.0. The average Bonchev–Trinajstić information content (AvgIpc) is 3.31. The Labute approximate surface area is 157 Å². The summed E-state index contributed by atoms with van der Waals surface area (Å²) in [4.78, 5) is 30.2. The third-order valence-corrected chi connectivity index (χ3v) is 5.84. The summed E-state index contributed by atoms with van der Waals surface area (Å²) in [6.45, 7) is -0.354. The summed E-state index contributed by atoms with van der Waals surface area (Å²) in [7, 11) is 0. The molecular formula is C17H14N2O3S3. The molecule has 0 unspecified atom stereocenters. The number of carbonyl (C=O) groups is 2. The molecule has 0 aliphatic heterocycles. The van der Waals surface area contributed by atoms with E-state index in [-0.39, 0.29) is 18.2 Å². The number of amides is 1. The van der Waals surface area contributed by atoms with Crippen LogP contribution in [0.1, 0.15) is 10.5 Å². The van der Waals surface area contributed by atoms with Gasteiger partial charge in [-0.15, -0.1) is 34.4 Å². The van der Waals surface area contributed by atoms with Crippen LogP contribution in [-0.2, 0) is 9.53 Å². The lowest BCUT2D eigenvalue weighted by Gasteiger charge is -2.09. The Balaban J connectivity index is 1.56. The Morgan fingerprint density at radius 2 is 2.04 bits per heavy atom. The second kappa shape index (κ2) is 8.28. The highest BCUT2D eigenvalue weighted by Crippen LogP contribution is 2.28. The third-order valence-electron chi connectivity index (χ3n) is 3.16. The Hall–Kier alpha value is -2.16. The number of aromatic nitrogens is 1. The first kappa shape index (κ1) is 17.7. The van der Waals surface area contributed by atoms with Crippen LogP contribution < -0.4 is 5.32 Å². The van der Waals surface area contributed by atoms with Gasteiger partial charge < -0.3 is 10.1 Å². The maximum Gasteiger partial charge on any atom is 0.358 e. The van der Waals surface area contributed by atoms with Crippen molar-refractivity contribution in [2.45, 2.75) is 4.90 Å². The van der Waals surface area contributed by atoms with Gasteiger partial charge in [0, 0.05) is 10.3 Å². The number of anilines is 1. The van der Waals surface area contributed by atoms with Crippen LogP contribution in [0.15, 0.2) is 52.1 Å². The van der Waals surface area contributed by atoms with Gasteiger partial charge in [-0.2, -0.15) is 0 Å². The number of carbonyl (C=O) groups excluding carboxylic acids is 2. The number of benzene rings is 1. The van der Waals surface area contributed by atoms with Crippen molar-refractivity contribution < 1.29 is 14.3 Å². The maximum atomic E-state index is 12.0. The summed E-state index contributed by atoms with van der Waals surface area (Å²) < 4.78 is 5.06. The zero-order valence-electron chi connectivity index (χ0n) is 13.2. The molecule has 2 aromatic heterocycles. The zero-order valence-corrected chi connectivity index (χ0v) is 15.7. The second-order valence-corrected chi connectivity index (χ2v) is 7.49. The quantitative estimate of drug-likeness (QED) is 0.499. The first-order valence-corrected chi connectivity index (χ1v) is 10.2. The van der Waals surface area contributed by atoms with Gasteiger partial charge in [-0.3, -0.25) is 4.79 Å². The fraction of sp³-hybridized carbons (Fsp3) is 0.118. The molecule has 0 aliphatic rings. The predicted octanol–water partition coefficient (Wildman–Crippen LogP) is 4.39. The molecule has 0 fully saturated rings. The van der Waals surface area contributed by atoms with E-state index in [2.05, 4.69) is 10.3 Å². The monoisotopic (exact) mass is 390 g/mol. The topological polar surface area (TPSA) is 68.3 Å². The predicted molar refractivity (Wildman–Crippen MR) is 103 cm³/mol. The number of hydrogen-bond donors (Lipinski definition) is 1. The van der Waals surface area contributed by atoms with Crippen LogP contribution in [0.3, 0.4) is 0 Å². The SMILES string of the molecule is CSc1ccccc1NC(=O)COC(=O)c1csc(-c2cccs2)n1. The van der Waals surface area contributed by atoms with Gasteiger partial charge in [0.15, 0.2) is 12.3 Å². The van der Waals surface area contributed by atoms with E-state index < -0.39 is 5.97 Å². The standard InChI is InChI=1S/C17H14N2O3S3/c1-23-13-6-3-2-5-11(13)18-15(20)9-22-17(21)12-10-25-16(19-12)14-7-4-8-24-14/h2-8,10H,9H2,1H3,(H,18,20).